The third-order valence-corrected chi connectivity index (χ3v) is 4.84. The van der Waals surface area contributed by atoms with Crippen LogP contribution in [-0.2, 0) is 0 Å². The lowest BCUT2D eigenvalue weighted by Gasteiger charge is -2.37. The second-order valence-electron chi connectivity index (χ2n) is 6.42. The Morgan fingerprint density at radius 2 is 1.15 bits per heavy atom. The summed E-state index contributed by atoms with van der Waals surface area (Å²) in [5.74, 6) is 0.0691. The van der Waals surface area contributed by atoms with Crippen LogP contribution in [0.1, 0.15) is 15.9 Å². The van der Waals surface area contributed by atoms with Crippen LogP contribution in [0.15, 0.2) is 79.1 Å². The summed E-state index contributed by atoms with van der Waals surface area (Å²) in [6, 6.07) is 21.5. The molecule has 2 aromatic carbocycles. The molecule has 1 aliphatic rings. The predicted molar refractivity (Wildman–Crippen MR) is 105 cm³/mol. The van der Waals surface area contributed by atoms with Crippen LogP contribution in [0.2, 0.25) is 0 Å². The van der Waals surface area contributed by atoms with Crippen molar-refractivity contribution in [1.29, 1.82) is 0 Å². The number of rotatable bonds is 4. The lowest BCUT2D eigenvalue weighted by molar-refractivity contribution is 0.103. The lowest BCUT2D eigenvalue weighted by atomic mass is 10.0. The zero-order chi connectivity index (χ0) is 17.8. The number of pyridine rings is 1. The van der Waals surface area contributed by atoms with Crippen LogP contribution in [0.5, 0.6) is 0 Å². The average Bonchev–Trinajstić information content (AvgIpc) is 2.75. The predicted octanol–water partition coefficient (Wildman–Crippen LogP) is 3.64. The molecule has 3 aromatic rings. The molecule has 130 valence electrons. The summed E-state index contributed by atoms with van der Waals surface area (Å²) in [7, 11) is 0. The second-order valence-corrected chi connectivity index (χ2v) is 6.42. The molecule has 1 fully saturated rings. The van der Waals surface area contributed by atoms with Crippen molar-refractivity contribution in [2.75, 3.05) is 36.0 Å². The van der Waals surface area contributed by atoms with Gasteiger partial charge < -0.3 is 9.80 Å². The molecule has 1 aliphatic heterocycles. The quantitative estimate of drug-likeness (QED) is 0.678. The molecule has 1 aromatic heterocycles. The van der Waals surface area contributed by atoms with Gasteiger partial charge in [0.15, 0.2) is 5.78 Å². The van der Waals surface area contributed by atoms with E-state index in [0.29, 0.717) is 0 Å². The fraction of sp³-hybridized carbons (Fsp3) is 0.182. The highest BCUT2D eigenvalue weighted by atomic mass is 16.1. The molecule has 0 unspecified atom stereocenters. The highest BCUT2D eigenvalue weighted by molar-refractivity contribution is 6.09. The molecule has 4 nitrogen and oxygen atoms in total. The number of aromatic nitrogens is 1. The van der Waals surface area contributed by atoms with Gasteiger partial charge in [-0.2, -0.15) is 0 Å². The van der Waals surface area contributed by atoms with E-state index in [9.17, 15) is 4.79 Å². The molecule has 0 saturated carbocycles. The minimum absolute atomic E-state index is 0.0691. The van der Waals surface area contributed by atoms with Crippen LogP contribution >= 0.6 is 0 Å². The Kier molecular flexibility index (Phi) is 4.65. The first-order valence-corrected chi connectivity index (χ1v) is 8.91. The first-order chi connectivity index (χ1) is 12.8. The molecule has 1 saturated heterocycles. The van der Waals surface area contributed by atoms with Gasteiger partial charge in [-0.05, 0) is 36.4 Å². The largest absolute Gasteiger partial charge is 0.368 e. The summed E-state index contributed by atoms with van der Waals surface area (Å²) in [5.41, 5.74) is 3.86. The lowest BCUT2D eigenvalue weighted by Crippen LogP contribution is -2.46. The van der Waals surface area contributed by atoms with Crippen molar-refractivity contribution in [3.05, 3.63) is 90.3 Å². The molecular weight excluding hydrogens is 322 g/mol. The SMILES string of the molecule is O=C(c1ccccc1)c1ccc(N2CCN(c3ccncc3)CC2)cc1. The maximum atomic E-state index is 12.5. The average molecular weight is 343 g/mol. The summed E-state index contributed by atoms with van der Waals surface area (Å²) >= 11 is 0. The minimum atomic E-state index is 0.0691. The minimum Gasteiger partial charge on any atom is -0.368 e. The summed E-state index contributed by atoms with van der Waals surface area (Å²) < 4.78 is 0. The number of anilines is 2. The summed E-state index contributed by atoms with van der Waals surface area (Å²) in [6.07, 6.45) is 3.67. The van der Waals surface area contributed by atoms with Gasteiger partial charge in [0.25, 0.3) is 0 Å². The van der Waals surface area contributed by atoms with E-state index >= 15 is 0 Å². The zero-order valence-electron chi connectivity index (χ0n) is 14.6. The van der Waals surface area contributed by atoms with Crippen LogP contribution in [-0.4, -0.2) is 36.9 Å². The number of hydrogen-bond acceptors (Lipinski definition) is 4. The van der Waals surface area contributed by atoms with Gasteiger partial charge in [0.1, 0.15) is 0 Å². The molecule has 0 bridgehead atoms. The monoisotopic (exact) mass is 343 g/mol. The molecule has 0 radical (unpaired) electrons. The van der Waals surface area contributed by atoms with E-state index in [0.717, 1.165) is 37.3 Å². The highest BCUT2D eigenvalue weighted by Gasteiger charge is 2.18. The summed E-state index contributed by atoms with van der Waals surface area (Å²) in [5, 5.41) is 0. The van der Waals surface area contributed by atoms with E-state index in [1.807, 2.05) is 54.9 Å². The highest BCUT2D eigenvalue weighted by Crippen LogP contribution is 2.21. The third kappa shape index (κ3) is 3.45. The number of carbonyl (C=O) groups excluding carboxylic acids is 1. The van der Waals surface area contributed by atoms with E-state index in [2.05, 4.69) is 39.0 Å². The molecule has 4 rings (SSSR count). The topological polar surface area (TPSA) is 36.4 Å². The van der Waals surface area contributed by atoms with Crippen LogP contribution in [0.4, 0.5) is 11.4 Å². The molecule has 0 atom stereocenters. The molecule has 0 N–H and O–H groups in total. The van der Waals surface area contributed by atoms with Gasteiger partial charge in [-0.1, -0.05) is 30.3 Å². The number of ketones is 1. The number of nitrogens with zero attached hydrogens (tertiary/aromatic N) is 3. The van der Waals surface area contributed by atoms with Gasteiger partial charge in [-0.3, -0.25) is 9.78 Å². The van der Waals surface area contributed by atoms with Crippen molar-refractivity contribution in [2.45, 2.75) is 0 Å². The fourth-order valence-corrected chi connectivity index (χ4v) is 3.36. The van der Waals surface area contributed by atoms with Gasteiger partial charge >= 0.3 is 0 Å². The molecule has 26 heavy (non-hydrogen) atoms. The molecule has 0 amide bonds. The number of carbonyl (C=O) groups is 1. The van der Waals surface area contributed by atoms with Gasteiger partial charge in [-0.25, -0.2) is 0 Å². The van der Waals surface area contributed by atoms with Crippen LogP contribution in [0.3, 0.4) is 0 Å². The van der Waals surface area contributed by atoms with Gasteiger partial charge in [0.2, 0.25) is 0 Å². The van der Waals surface area contributed by atoms with Gasteiger partial charge in [0.05, 0.1) is 0 Å². The smallest absolute Gasteiger partial charge is 0.193 e. The van der Waals surface area contributed by atoms with Gasteiger partial charge in [-0.15, -0.1) is 0 Å². The Morgan fingerprint density at radius 3 is 1.73 bits per heavy atom. The van der Waals surface area contributed by atoms with E-state index in [-0.39, 0.29) is 5.78 Å². The first-order valence-electron chi connectivity index (χ1n) is 8.91. The Labute approximate surface area is 153 Å². The second kappa shape index (κ2) is 7.40. The third-order valence-electron chi connectivity index (χ3n) is 4.84. The summed E-state index contributed by atoms with van der Waals surface area (Å²) in [4.78, 5) is 21.3. The first kappa shape index (κ1) is 16.3. The Morgan fingerprint density at radius 1 is 0.654 bits per heavy atom. The number of piperazine rings is 1. The molecular formula is C22H21N3O. The molecule has 4 heteroatoms. The standard InChI is InChI=1S/C22H21N3O/c26-22(18-4-2-1-3-5-18)19-6-8-20(9-7-19)24-14-16-25(17-15-24)21-10-12-23-13-11-21/h1-13H,14-17H2. The zero-order valence-corrected chi connectivity index (χ0v) is 14.6. The summed E-state index contributed by atoms with van der Waals surface area (Å²) in [6.45, 7) is 3.89. The Balaban J connectivity index is 1.41. The van der Waals surface area contributed by atoms with Crippen molar-refractivity contribution in [3.8, 4) is 0 Å². The van der Waals surface area contributed by atoms with Gasteiger partial charge in [0, 0.05) is 61.1 Å². The van der Waals surface area contributed by atoms with Crippen molar-refractivity contribution in [3.63, 3.8) is 0 Å². The van der Waals surface area contributed by atoms with E-state index in [1.165, 1.54) is 11.4 Å². The van der Waals surface area contributed by atoms with E-state index in [4.69, 9.17) is 0 Å². The van der Waals surface area contributed by atoms with Crippen molar-refractivity contribution < 1.29 is 4.79 Å². The van der Waals surface area contributed by atoms with E-state index in [1.54, 1.807) is 0 Å². The molecule has 0 aliphatic carbocycles. The molecule has 0 spiro atoms. The Bertz CT molecular complexity index is 855. The van der Waals surface area contributed by atoms with Crippen molar-refractivity contribution >= 4 is 17.2 Å². The van der Waals surface area contributed by atoms with E-state index < -0.39 is 0 Å². The number of hydrogen-bond donors (Lipinski definition) is 0. The maximum absolute atomic E-state index is 12.5. The normalized spacial score (nSPS) is 14.3. The van der Waals surface area contributed by atoms with Crippen LogP contribution in [0.25, 0.3) is 0 Å². The molecule has 2 heterocycles. The Hall–Kier alpha value is -3.14. The number of benzene rings is 2. The van der Waals surface area contributed by atoms with Crippen molar-refractivity contribution in [1.82, 2.24) is 4.98 Å². The van der Waals surface area contributed by atoms with Crippen LogP contribution < -0.4 is 9.80 Å². The maximum Gasteiger partial charge on any atom is 0.193 e. The fourth-order valence-electron chi connectivity index (χ4n) is 3.36. The van der Waals surface area contributed by atoms with Crippen molar-refractivity contribution in [2.24, 2.45) is 0 Å². The van der Waals surface area contributed by atoms with Crippen LogP contribution in [0, 0.1) is 0 Å².